The van der Waals surface area contributed by atoms with Crippen LogP contribution in [0.25, 0.3) is 11.3 Å². The smallest absolute Gasteiger partial charge is 0.123 e. The van der Waals surface area contributed by atoms with Crippen LogP contribution in [0.3, 0.4) is 0 Å². The van der Waals surface area contributed by atoms with Gasteiger partial charge in [-0.05, 0) is 42.7 Å². The van der Waals surface area contributed by atoms with E-state index in [-0.39, 0.29) is 5.82 Å². The zero-order chi connectivity index (χ0) is 16.4. The molecule has 4 heteroatoms. The van der Waals surface area contributed by atoms with Gasteiger partial charge in [-0.15, -0.1) is 0 Å². The summed E-state index contributed by atoms with van der Waals surface area (Å²) in [5.74, 6) is -0.225. The van der Waals surface area contributed by atoms with Crippen molar-refractivity contribution in [3.05, 3.63) is 77.7 Å². The monoisotopic (exact) mass is 321 g/mol. The van der Waals surface area contributed by atoms with Crippen molar-refractivity contribution in [3.8, 4) is 11.3 Å². The second-order valence-corrected chi connectivity index (χ2v) is 6.53. The number of hydrogen-bond acceptors (Lipinski definition) is 2. The summed E-state index contributed by atoms with van der Waals surface area (Å²) in [7, 11) is 0. The van der Waals surface area contributed by atoms with Gasteiger partial charge in [-0.25, -0.2) is 4.39 Å². The van der Waals surface area contributed by atoms with E-state index in [1.165, 1.54) is 30.5 Å². The van der Waals surface area contributed by atoms with E-state index in [1.54, 1.807) is 12.1 Å². The fourth-order valence-corrected chi connectivity index (χ4v) is 3.26. The van der Waals surface area contributed by atoms with Gasteiger partial charge in [-0.1, -0.05) is 30.3 Å². The van der Waals surface area contributed by atoms with Crippen molar-refractivity contribution in [1.29, 1.82) is 0 Å². The average Bonchev–Trinajstić information content (AvgIpc) is 3.27. The van der Waals surface area contributed by atoms with Crippen LogP contribution in [0.5, 0.6) is 0 Å². The number of halogens is 1. The van der Waals surface area contributed by atoms with E-state index in [2.05, 4.69) is 45.8 Å². The Kier molecular flexibility index (Phi) is 3.90. The maximum absolute atomic E-state index is 13.1. The highest BCUT2D eigenvalue weighted by Crippen LogP contribution is 2.47. The Hall–Kier alpha value is -2.46. The zero-order valence-corrected chi connectivity index (χ0v) is 13.4. The Bertz CT molecular complexity index is 804. The molecule has 0 radical (unpaired) electrons. The fourth-order valence-electron chi connectivity index (χ4n) is 3.26. The summed E-state index contributed by atoms with van der Waals surface area (Å²) in [6.07, 6.45) is 4.31. The predicted octanol–water partition coefficient (Wildman–Crippen LogP) is 4.04. The van der Waals surface area contributed by atoms with Crippen LogP contribution in [-0.4, -0.2) is 16.7 Å². The highest BCUT2D eigenvalue weighted by molar-refractivity contribution is 5.62. The number of aromatic amines is 1. The second-order valence-electron chi connectivity index (χ2n) is 6.53. The van der Waals surface area contributed by atoms with E-state index in [1.807, 2.05) is 6.20 Å². The lowest BCUT2D eigenvalue weighted by Crippen LogP contribution is -2.26. The van der Waals surface area contributed by atoms with Crippen LogP contribution in [0.2, 0.25) is 0 Å². The Morgan fingerprint density at radius 1 is 1.04 bits per heavy atom. The minimum absolute atomic E-state index is 0.225. The summed E-state index contributed by atoms with van der Waals surface area (Å²) in [5.41, 5.74) is 4.72. The number of nitrogens with zero attached hydrogens (tertiary/aromatic N) is 1. The van der Waals surface area contributed by atoms with Gasteiger partial charge in [-0.2, -0.15) is 5.10 Å². The van der Waals surface area contributed by atoms with E-state index in [0.717, 1.165) is 29.9 Å². The van der Waals surface area contributed by atoms with Gasteiger partial charge in [0, 0.05) is 29.6 Å². The van der Waals surface area contributed by atoms with Crippen LogP contribution in [-0.2, 0) is 12.0 Å². The maximum atomic E-state index is 13.1. The molecular formula is C20H20FN3. The number of rotatable bonds is 6. The van der Waals surface area contributed by atoms with E-state index >= 15 is 0 Å². The number of aromatic nitrogens is 2. The summed E-state index contributed by atoms with van der Waals surface area (Å²) < 4.78 is 13.1. The molecule has 0 aliphatic heterocycles. The topological polar surface area (TPSA) is 40.7 Å². The third-order valence-electron chi connectivity index (χ3n) is 4.87. The van der Waals surface area contributed by atoms with Gasteiger partial charge in [0.2, 0.25) is 0 Å². The molecule has 1 saturated carbocycles. The molecule has 1 aromatic heterocycles. The third kappa shape index (κ3) is 2.97. The molecule has 2 aromatic carbocycles. The number of benzene rings is 2. The third-order valence-corrected chi connectivity index (χ3v) is 4.87. The Labute approximate surface area is 140 Å². The SMILES string of the molecule is Fc1ccc(-c2[nH]ncc2CNCC2(c3ccccc3)CC2)cc1. The molecule has 0 amide bonds. The zero-order valence-electron chi connectivity index (χ0n) is 13.4. The van der Waals surface area contributed by atoms with Gasteiger partial charge in [0.25, 0.3) is 0 Å². The van der Waals surface area contributed by atoms with Crippen LogP contribution in [0, 0.1) is 5.82 Å². The van der Waals surface area contributed by atoms with Crippen molar-refractivity contribution in [1.82, 2.24) is 15.5 Å². The maximum Gasteiger partial charge on any atom is 0.123 e. The normalized spacial score (nSPS) is 15.4. The molecule has 122 valence electrons. The first-order valence-electron chi connectivity index (χ1n) is 8.31. The summed E-state index contributed by atoms with van der Waals surface area (Å²) in [5, 5.41) is 10.8. The van der Waals surface area contributed by atoms with Crippen molar-refractivity contribution in [2.24, 2.45) is 0 Å². The second kappa shape index (κ2) is 6.21. The van der Waals surface area contributed by atoms with Crippen LogP contribution < -0.4 is 5.32 Å². The molecular weight excluding hydrogens is 301 g/mol. The van der Waals surface area contributed by atoms with Crippen molar-refractivity contribution >= 4 is 0 Å². The Balaban J connectivity index is 1.43. The summed E-state index contributed by atoms with van der Waals surface area (Å²) >= 11 is 0. The van der Waals surface area contributed by atoms with Crippen molar-refractivity contribution in [2.45, 2.75) is 24.8 Å². The van der Waals surface area contributed by atoms with Crippen LogP contribution in [0.1, 0.15) is 24.0 Å². The quantitative estimate of drug-likeness (QED) is 0.719. The predicted molar refractivity (Wildman–Crippen MR) is 93.0 cm³/mol. The molecule has 1 fully saturated rings. The molecule has 2 N–H and O–H groups in total. The number of hydrogen-bond donors (Lipinski definition) is 2. The van der Waals surface area contributed by atoms with E-state index in [0.29, 0.717) is 5.41 Å². The molecule has 3 aromatic rings. The molecule has 1 heterocycles. The first kappa shape index (κ1) is 15.1. The first-order valence-corrected chi connectivity index (χ1v) is 8.31. The summed E-state index contributed by atoms with van der Waals surface area (Å²) in [4.78, 5) is 0. The van der Waals surface area contributed by atoms with Crippen LogP contribution >= 0.6 is 0 Å². The molecule has 4 rings (SSSR count). The lowest BCUT2D eigenvalue weighted by molar-refractivity contribution is 0.575. The average molecular weight is 321 g/mol. The molecule has 0 spiro atoms. The molecule has 1 aliphatic carbocycles. The lowest BCUT2D eigenvalue weighted by Gasteiger charge is -2.16. The van der Waals surface area contributed by atoms with Crippen molar-refractivity contribution in [2.75, 3.05) is 6.54 Å². The Morgan fingerprint density at radius 2 is 1.79 bits per heavy atom. The molecule has 3 nitrogen and oxygen atoms in total. The largest absolute Gasteiger partial charge is 0.312 e. The lowest BCUT2D eigenvalue weighted by atomic mass is 9.96. The fraction of sp³-hybridized carbons (Fsp3) is 0.250. The molecule has 0 atom stereocenters. The Morgan fingerprint density at radius 3 is 2.50 bits per heavy atom. The van der Waals surface area contributed by atoms with Crippen LogP contribution in [0.15, 0.2) is 60.8 Å². The molecule has 0 saturated heterocycles. The van der Waals surface area contributed by atoms with Gasteiger partial charge >= 0.3 is 0 Å². The minimum atomic E-state index is -0.225. The first-order chi connectivity index (χ1) is 11.8. The summed E-state index contributed by atoms with van der Waals surface area (Å²) in [6.45, 7) is 1.71. The molecule has 0 bridgehead atoms. The standard InChI is InChI=1S/C20H20FN3/c21-18-8-6-15(7-9-18)19-16(13-23-24-19)12-22-14-20(10-11-20)17-4-2-1-3-5-17/h1-9,13,22H,10-12,14H2,(H,23,24). The molecule has 24 heavy (non-hydrogen) atoms. The van der Waals surface area contributed by atoms with Gasteiger partial charge < -0.3 is 5.32 Å². The van der Waals surface area contributed by atoms with Gasteiger partial charge in [0.1, 0.15) is 5.82 Å². The highest BCUT2D eigenvalue weighted by atomic mass is 19.1. The number of H-pyrrole nitrogens is 1. The van der Waals surface area contributed by atoms with Gasteiger partial charge in [-0.3, -0.25) is 5.10 Å². The van der Waals surface area contributed by atoms with E-state index in [9.17, 15) is 4.39 Å². The van der Waals surface area contributed by atoms with Crippen molar-refractivity contribution in [3.63, 3.8) is 0 Å². The number of nitrogens with one attached hydrogen (secondary N) is 2. The van der Waals surface area contributed by atoms with Gasteiger partial charge in [0.15, 0.2) is 0 Å². The van der Waals surface area contributed by atoms with Gasteiger partial charge in [0.05, 0.1) is 11.9 Å². The van der Waals surface area contributed by atoms with E-state index in [4.69, 9.17) is 0 Å². The molecule has 1 aliphatic rings. The summed E-state index contributed by atoms with van der Waals surface area (Å²) in [6, 6.07) is 17.2. The minimum Gasteiger partial charge on any atom is -0.312 e. The van der Waals surface area contributed by atoms with Crippen LogP contribution in [0.4, 0.5) is 4.39 Å². The van der Waals surface area contributed by atoms with E-state index < -0.39 is 0 Å². The highest BCUT2D eigenvalue weighted by Gasteiger charge is 2.43. The molecule has 0 unspecified atom stereocenters. The van der Waals surface area contributed by atoms with Crippen molar-refractivity contribution < 1.29 is 4.39 Å².